The van der Waals surface area contributed by atoms with Crippen LogP contribution in [0, 0.1) is 29.6 Å². The summed E-state index contributed by atoms with van der Waals surface area (Å²) in [5.41, 5.74) is 0. The molecule has 3 rings (SSSR count). The molecule has 3 aliphatic rings. The molecule has 3 aliphatic carbocycles. The van der Waals surface area contributed by atoms with Crippen molar-refractivity contribution in [2.75, 3.05) is 0 Å². The van der Waals surface area contributed by atoms with E-state index in [1.165, 1.54) is 38.5 Å². The van der Waals surface area contributed by atoms with Gasteiger partial charge in [-0.2, -0.15) is 0 Å². The Hall–Kier alpha value is -0.250. The SMILES string of the molecule is CC1CCC(C2CCC(C3CC(F)C(F)C(F)C3)CC2)CC1.O.[HH].[HH]. The number of halogens is 3. The summed E-state index contributed by atoms with van der Waals surface area (Å²) >= 11 is 0. The topological polar surface area (TPSA) is 31.5 Å². The van der Waals surface area contributed by atoms with Gasteiger partial charge in [0.15, 0.2) is 6.17 Å². The second kappa shape index (κ2) is 8.22. The van der Waals surface area contributed by atoms with Gasteiger partial charge < -0.3 is 5.48 Å². The predicted octanol–water partition coefficient (Wildman–Crippen LogP) is 5.71. The maximum absolute atomic E-state index is 13.6. The summed E-state index contributed by atoms with van der Waals surface area (Å²) in [6.45, 7) is 2.36. The molecule has 0 spiro atoms. The Morgan fingerprint density at radius 2 is 0.957 bits per heavy atom. The molecule has 0 heterocycles. The zero-order chi connectivity index (χ0) is 15.7. The van der Waals surface area contributed by atoms with Crippen LogP contribution in [0.25, 0.3) is 0 Å². The number of hydrogen-bond acceptors (Lipinski definition) is 0. The minimum Gasteiger partial charge on any atom is -0.412 e. The van der Waals surface area contributed by atoms with E-state index in [0.29, 0.717) is 5.92 Å². The summed E-state index contributed by atoms with van der Waals surface area (Å²) in [4.78, 5) is 0. The first-order valence-electron chi connectivity index (χ1n) is 9.46. The smallest absolute Gasteiger partial charge is 0.162 e. The molecule has 0 bridgehead atoms. The third-order valence-electron chi connectivity index (χ3n) is 6.96. The highest BCUT2D eigenvalue weighted by atomic mass is 19.2. The van der Waals surface area contributed by atoms with E-state index in [-0.39, 0.29) is 27.1 Å². The number of hydrogen-bond donors (Lipinski definition) is 0. The van der Waals surface area contributed by atoms with Crippen LogP contribution < -0.4 is 0 Å². The van der Waals surface area contributed by atoms with Crippen LogP contribution in [-0.2, 0) is 0 Å². The van der Waals surface area contributed by atoms with Crippen LogP contribution in [0.3, 0.4) is 0 Å². The Kier molecular flexibility index (Phi) is 6.82. The molecular weight excluding hydrogens is 301 g/mol. The first-order valence-corrected chi connectivity index (χ1v) is 9.46. The lowest BCUT2D eigenvalue weighted by atomic mass is 9.65. The lowest BCUT2D eigenvalue weighted by Gasteiger charge is -2.41. The van der Waals surface area contributed by atoms with E-state index in [9.17, 15) is 13.2 Å². The van der Waals surface area contributed by atoms with Gasteiger partial charge in [0.1, 0.15) is 12.3 Å². The molecule has 2 N–H and O–H groups in total. The molecule has 3 saturated carbocycles. The molecule has 0 aliphatic heterocycles. The molecule has 2 unspecified atom stereocenters. The first kappa shape index (κ1) is 19.1. The van der Waals surface area contributed by atoms with Crippen molar-refractivity contribution >= 4 is 0 Å². The van der Waals surface area contributed by atoms with Crippen molar-refractivity contribution in [1.29, 1.82) is 0 Å². The van der Waals surface area contributed by atoms with Gasteiger partial charge >= 0.3 is 0 Å². The third kappa shape index (κ3) is 4.43. The van der Waals surface area contributed by atoms with Crippen LogP contribution in [0.15, 0.2) is 0 Å². The Morgan fingerprint density at radius 1 is 0.609 bits per heavy atom. The fraction of sp³-hybridized carbons (Fsp3) is 1.00. The van der Waals surface area contributed by atoms with Gasteiger partial charge in [-0.05, 0) is 81.0 Å². The fourth-order valence-corrected chi connectivity index (χ4v) is 5.39. The van der Waals surface area contributed by atoms with Crippen molar-refractivity contribution in [3.05, 3.63) is 0 Å². The second-order valence-electron chi connectivity index (χ2n) is 8.40. The Labute approximate surface area is 141 Å². The normalized spacial score (nSPS) is 48.5. The van der Waals surface area contributed by atoms with Crippen LogP contribution in [0.4, 0.5) is 13.2 Å². The zero-order valence-electron chi connectivity index (χ0n) is 14.3. The molecule has 23 heavy (non-hydrogen) atoms. The van der Waals surface area contributed by atoms with E-state index < -0.39 is 18.5 Å². The molecule has 3 fully saturated rings. The van der Waals surface area contributed by atoms with Gasteiger partial charge in [0.2, 0.25) is 0 Å². The molecule has 140 valence electrons. The molecule has 0 aromatic carbocycles. The fourth-order valence-electron chi connectivity index (χ4n) is 5.39. The molecular formula is C19H37F3O. The van der Waals surface area contributed by atoms with Gasteiger partial charge in [0, 0.05) is 2.85 Å². The van der Waals surface area contributed by atoms with Crippen molar-refractivity contribution < 1.29 is 21.5 Å². The van der Waals surface area contributed by atoms with E-state index in [1.807, 2.05) is 0 Å². The summed E-state index contributed by atoms with van der Waals surface area (Å²) in [6.07, 6.45) is 5.64. The van der Waals surface area contributed by atoms with E-state index in [1.54, 1.807) is 0 Å². The minimum absolute atomic E-state index is 0. The van der Waals surface area contributed by atoms with Crippen LogP contribution in [-0.4, -0.2) is 24.0 Å². The standard InChI is InChI=1S/C19H31F3.H2O.2H2/c1-12-2-4-13(5-3-12)14-6-8-15(9-7-14)16-10-17(20)19(22)18(21)11-16;;;/h12-19H,2-11H2,1H3;1H2;2*1H. The second-order valence-corrected chi connectivity index (χ2v) is 8.40. The summed E-state index contributed by atoms with van der Waals surface area (Å²) < 4.78 is 40.5. The molecule has 4 heteroatoms. The summed E-state index contributed by atoms with van der Waals surface area (Å²) in [5, 5.41) is 0. The van der Waals surface area contributed by atoms with E-state index in [2.05, 4.69) is 6.92 Å². The minimum atomic E-state index is -1.88. The summed E-state index contributed by atoms with van der Waals surface area (Å²) in [5.74, 6) is 3.13. The van der Waals surface area contributed by atoms with Gasteiger partial charge in [-0.25, -0.2) is 13.2 Å². The lowest BCUT2D eigenvalue weighted by molar-refractivity contribution is -0.00699. The van der Waals surface area contributed by atoms with E-state index >= 15 is 0 Å². The molecule has 0 amide bonds. The third-order valence-corrected chi connectivity index (χ3v) is 6.96. The first-order chi connectivity index (χ1) is 10.5. The quantitative estimate of drug-likeness (QED) is 0.617. The van der Waals surface area contributed by atoms with Crippen LogP contribution >= 0.6 is 0 Å². The highest BCUT2D eigenvalue weighted by Crippen LogP contribution is 2.46. The maximum atomic E-state index is 13.6. The highest BCUT2D eigenvalue weighted by Gasteiger charge is 2.42. The largest absolute Gasteiger partial charge is 0.412 e. The molecule has 0 saturated heterocycles. The Bertz CT molecular complexity index is 347. The van der Waals surface area contributed by atoms with Gasteiger partial charge in [-0.15, -0.1) is 0 Å². The summed E-state index contributed by atoms with van der Waals surface area (Å²) in [6, 6.07) is 0. The van der Waals surface area contributed by atoms with Crippen LogP contribution in [0.2, 0.25) is 0 Å². The van der Waals surface area contributed by atoms with Gasteiger partial charge in [0.05, 0.1) is 0 Å². The maximum Gasteiger partial charge on any atom is 0.162 e. The highest BCUT2D eigenvalue weighted by molar-refractivity contribution is 4.91. The Balaban J connectivity index is 0.00000192. The van der Waals surface area contributed by atoms with Crippen molar-refractivity contribution in [3.8, 4) is 0 Å². The van der Waals surface area contributed by atoms with E-state index in [4.69, 9.17) is 0 Å². The zero-order valence-corrected chi connectivity index (χ0v) is 14.3. The van der Waals surface area contributed by atoms with Crippen molar-refractivity contribution in [3.63, 3.8) is 0 Å². The number of rotatable bonds is 2. The van der Waals surface area contributed by atoms with Gasteiger partial charge in [-0.1, -0.05) is 19.8 Å². The monoisotopic (exact) mass is 338 g/mol. The molecule has 0 aromatic rings. The molecule has 0 aromatic heterocycles. The molecule has 1 nitrogen and oxygen atoms in total. The van der Waals surface area contributed by atoms with Crippen molar-refractivity contribution in [2.24, 2.45) is 29.6 Å². The predicted molar refractivity (Wildman–Crippen MR) is 91.8 cm³/mol. The lowest BCUT2D eigenvalue weighted by Crippen LogP contribution is -2.40. The molecule has 2 atom stereocenters. The van der Waals surface area contributed by atoms with E-state index in [0.717, 1.165) is 30.6 Å². The summed E-state index contributed by atoms with van der Waals surface area (Å²) in [7, 11) is 0. The van der Waals surface area contributed by atoms with Crippen LogP contribution in [0.5, 0.6) is 0 Å². The average Bonchev–Trinajstić information content (AvgIpc) is 2.53. The van der Waals surface area contributed by atoms with Gasteiger partial charge in [0.25, 0.3) is 0 Å². The van der Waals surface area contributed by atoms with Crippen molar-refractivity contribution in [1.82, 2.24) is 0 Å². The molecule has 0 radical (unpaired) electrons. The number of alkyl halides is 3. The van der Waals surface area contributed by atoms with Gasteiger partial charge in [-0.3, -0.25) is 0 Å². The Morgan fingerprint density at radius 3 is 1.39 bits per heavy atom. The van der Waals surface area contributed by atoms with Crippen molar-refractivity contribution in [2.45, 2.75) is 89.6 Å². The average molecular weight is 338 g/mol. The van der Waals surface area contributed by atoms with Crippen LogP contribution in [0.1, 0.15) is 74.0 Å².